The molecule has 0 radical (unpaired) electrons. The monoisotopic (exact) mass is 273 g/mol. The van der Waals surface area contributed by atoms with E-state index in [0.29, 0.717) is 12.1 Å². The lowest BCUT2D eigenvalue weighted by atomic mass is 10.1. The van der Waals surface area contributed by atoms with Gasteiger partial charge in [-0.2, -0.15) is 0 Å². The molecule has 0 atom stereocenters. The molecule has 0 saturated carbocycles. The number of rotatable bonds is 5. The number of aromatic carboxylic acids is 1. The maximum Gasteiger partial charge on any atom is 0.358 e. The molecule has 0 amide bonds. The second-order valence-corrected chi connectivity index (χ2v) is 5.00. The first-order valence-corrected chi connectivity index (χ1v) is 6.80. The number of aryl methyl sites for hydroxylation is 2. The van der Waals surface area contributed by atoms with Crippen molar-refractivity contribution in [1.82, 2.24) is 15.0 Å². The summed E-state index contributed by atoms with van der Waals surface area (Å²) >= 11 is 0. The Hall–Kier alpha value is -2.17. The largest absolute Gasteiger partial charge is 0.476 e. The summed E-state index contributed by atoms with van der Waals surface area (Å²) in [5.41, 5.74) is 3.84. The molecule has 0 bridgehead atoms. The van der Waals surface area contributed by atoms with E-state index in [1.54, 1.807) is 4.68 Å². The third-order valence-electron chi connectivity index (χ3n) is 3.31. The number of hydrogen-bond acceptors (Lipinski definition) is 3. The molecule has 1 N–H and O–H groups in total. The quantitative estimate of drug-likeness (QED) is 0.909. The van der Waals surface area contributed by atoms with Gasteiger partial charge in [-0.1, -0.05) is 36.3 Å². The second kappa shape index (κ2) is 5.86. The number of hydrogen-bond donors (Lipinski definition) is 1. The zero-order valence-electron chi connectivity index (χ0n) is 12.1. The molecule has 0 fully saturated rings. The van der Waals surface area contributed by atoms with Crippen molar-refractivity contribution >= 4 is 5.97 Å². The maximum atomic E-state index is 11.3. The molecular weight excluding hydrogens is 254 g/mol. The number of unbranched alkanes of at least 4 members (excludes halogenated alkanes) is 1. The molecule has 106 valence electrons. The topological polar surface area (TPSA) is 68.0 Å². The molecule has 1 aromatic carbocycles. The maximum absolute atomic E-state index is 11.3. The van der Waals surface area contributed by atoms with Crippen LogP contribution in [-0.4, -0.2) is 26.1 Å². The van der Waals surface area contributed by atoms with Crippen LogP contribution in [0.3, 0.4) is 0 Å². The van der Waals surface area contributed by atoms with Crippen LogP contribution >= 0.6 is 0 Å². The summed E-state index contributed by atoms with van der Waals surface area (Å²) in [7, 11) is 0. The standard InChI is InChI=1S/C15H19N3O2/c1-4-5-6-13-14(15(19)20)16-17-18(13)12-8-7-10(2)9-11(12)3/h7-9H,4-6H2,1-3H3,(H,19,20). The summed E-state index contributed by atoms with van der Waals surface area (Å²) in [6.45, 7) is 6.10. The van der Waals surface area contributed by atoms with Gasteiger partial charge in [0.2, 0.25) is 0 Å². The molecular formula is C15H19N3O2. The lowest BCUT2D eigenvalue weighted by molar-refractivity contribution is 0.0689. The Balaban J connectivity index is 2.52. The Bertz CT molecular complexity index is 632. The van der Waals surface area contributed by atoms with Gasteiger partial charge in [-0.15, -0.1) is 5.10 Å². The van der Waals surface area contributed by atoms with Gasteiger partial charge in [-0.3, -0.25) is 0 Å². The average Bonchev–Trinajstić information content (AvgIpc) is 2.80. The number of carbonyl (C=O) groups is 1. The molecule has 0 aliphatic rings. The number of benzene rings is 1. The predicted octanol–water partition coefficient (Wildman–Crippen LogP) is 2.92. The van der Waals surface area contributed by atoms with Crippen molar-refractivity contribution in [3.05, 3.63) is 40.7 Å². The van der Waals surface area contributed by atoms with E-state index in [-0.39, 0.29) is 5.69 Å². The average molecular weight is 273 g/mol. The number of carboxylic acid groups (broad SMARTS) is 1. The molecule has 0 aliphatic carbocycles. The van der Waals surface area contributed by atoms with Crippen LogP contribution in [0.2, 0.25) is 0 Å². The smallest absolute Gasteiger partial charge is 0.358 e. The van der Waals surface area contributed by atoms with Gasteiger partial charge in [0.05, 0.1) is 11.4 Å². The molecule has 5 nitrogen and oxygen atoms in total. The molecule has 1 aromatic heterocycles. The van der Waals surface area contributed by atoms with Gasteiger partial charge < -0.3 is 5.11 Å². The first-order valence-electron chi connectivity index (χ1n) is 6.80. The minimum Gasteiger partial charge on any atom is -0.476 e. The summed E-state index contributed by atoms with van der Waals surface area (Å²) in [5.74, 6) is -1.02. The van der Waals surface area contributed by atoms with Crippen LogP contribution in [0, 0.1) is 13.8 Å². The molecule has 0 unspecified atom stereocenters. The van der Waals surface area contributed by atoms with Crippen LogP contribution in [0.1, 0.15) is 47.1 Å². The molecule has 0 spiro atoms. The van der Waals surface area contributed by atoms with Gasteiger partial charge in [0, 0.05) is 0 Å². The minimum atomic E-state index is -1.02. The van der Waals surface area contributed by atoms with Crippen molar-refractivity contribution < 1.29 is 9.90 Å². The Kier molecular flexibility index (Phi) is 4.17. The van der Waals surface area contributed by atoms with Crippen LogP contribution in [0.15, 0.2) is 18.2 Å². The highest BCUT2D eigenvalue weighted by atomic mass is 16.4. The number of aromatic nitrogens is 3. The van der Waals surface area contributed by atoms with Gasteiger partial charge in [0.1, 0.15) is 0 Å². The van der Waals surface area contributed by atoms with Crippen molar-refractivity contribution in [2.24, 2.45) is 0 Å². The zero-order chi connectivity index (χ0) is 14.7. The molecule has 1 heterocycles. The lowest BCUT2D eigenvalue weighted by Crippen LogP contribution is -2.08. The second-order valence-electron chi connectivity index (χ2n) is 5.00. The van der Waals surface area contributed by atoms with E-state index >= 15 is 0 Å². The summed E-state index contributed by atoms with van der Waals surface area (Å²) in [4.78, 5) is 11.3. The minimum absolute atomic E-state index is 0.0541. The Morgan fingerprint density at radius 1 is 1.35 bits per heavy atom. The lowest BCUT2D eigenvalue weighted by Gasteiger charge is -2.10. The van der Waals surface area contributed by atoms with E-state index in [2.05, 4.69) is 23.3 Å². The summed E-state index contributed by atoms with van der Waals surface area (Å²) < 4.78 is 1.66. The van der Waals surface area contributed by atoms with Crippen LogP contribution < -0.4 is 0 Å². The Morgan fingerprint density at radius 2 is 2.10 bits per heavy atom. The highest BCUT2D eigenvalue weighted by molar-refractivity contribution is 5.86. The molecule has 2 aromatic rings. The molecule has 20 heavy (non-hydrogen) atoms. The van der Waals surface area contributed by atoms with Gasteiger partial charge in [-0.25, -0.2) is 9.48 Å². The van der Waals surface area contributed by atoms with Crippen molar-refractivity contribution in [3.8, 4) is 5.69 Å². The van der Waals surface area contributed by atoms with Gasteiger partial charge in [0.15, 0.2) is 5.69 Å². The molecule has 5 heteroatoms. The Morgan fingerprint density at radius 3 is 2.70 bits per heavy atom. The van der Waals surface area contributed by atoms with Crippen molar-refractivity contribution in [2.75, 3.05) is 0 Å². The SMILES string of the molecule is CCCCc1c(C(=O)O)nnn1-c1ccc(C)cc1C. The fourth-order valence-electron chi connectivity index (χ4n) is 2.27. The predicted molar refractivity (Wildman–Crippen MR) is 76.4 cm³/mol. The first-order chi connectivity index (χ1) is 9.54. The molecule has 0 saturated heterocycles. The third-order valence-corrected chi connectivity index (χ3v) is 3.31. The third kappa shape index (κ3) is 2.71. The van der Waals surface area contributed by atoms with Crippen molar-refractivity contribution in [2.45, 2.75) is 40.0 Å². The van der Waals surface area contributed by atoms with Crippen LogP contribution in [0.25, 0.3) is 5.69 Å². The first kappa shape index (κ1) is 14.2. The fraction of sp³-hybridized carbons (Fsp3) is 0.400. The molecule has 2 rings (SSSR count). The molecule has 0 aliphatic heterocycles. The summed E-state index contributed by atoms with van der Waals surface area (Å²) in [6, 6.07) is 6.01. The van der Waals surface area contributed by atoms with E-state index in [9.17, 15) is 9.90 Å². The van der Waals surface area contributed by atoms with Crippen molar-refractivity contribution in [1.29, 1.82) is 0 Å². The highest BCUT2D eigenvalue weighted by Crippen LogP contribution is 2.19. The van der Waals surface area contributed by atoms with Crippen molar-refractivity contribution in [3.63, 3.8) is 0 Å². The fourth-order valence-corrected chi connectivity index (χ4v) is 2.27. The Labute approximate surface area is 118 Å². The van der Waals surface area contributed by atoms with Crippen LogP contribution in [0.4, 0.5) is 0 Å². The zero-order valence-corrected chi connectivity index (χ0v) is 12.1. The summed E-state index contributed by atoms with van der Waals surface area (Å²) in [6.07, 6.45) is 2.58. The number of nitrogens with zero attached hydrogens (tertiary/aromatic N) is 3. The van der Waals surface area contributed by atoms with Gasteiger partial charge >= 0.3 is 5.97 Å². The number of carboxylic acids is 1. The van der Waals surface area contributed by atoms with E-state index in [1.807, 2.05) is 26.0 Å². The van der Waals surface area contributed by atoms with E-state index in [1.165, 1.54) is 5.56 Å². The van der Waals surface area contributed by atoms with Crippen LogP contribution in [-0.2, 0) is 6.42 Å². The van der Waals surface area contributed by atoms with E-state index < -0.39 is 5.97 Å². The summed E-state index contributed by atoms with van der Waals surface area (Å²) in [5, 5.41) is 17.1. The van der Waals surface area contributed by atoms with E-state index in [4.69, 9.17) is 0 Å². The van der Waals surface area contributed by atoms with Gasteiger partial charge in [0.25, 0.3) is 0 Å². The van der Waals surface area contributed by atoms with Crippen LogP contribution in [0.5, 0.6) is 0 Å². The normalized spacial score (nSPS) is 10.8. The van der Waals surface area contributed by atoms with Gasteiger partial charge in [-0.05, 0) is 38.3 Å². The van der Waals surface area contributed by atoms with E-state index in [0.717, 1.165) is 24.1 Å². The highest BCUT2D eigenvalue weighted by Gasteiger charge is 2.20.